The number of aryl methyl sites for hydroxylation is 1. The van der Waals surface area contributed by atoms with Crippen LogP contribution in [0.15, 0.2) is 18.2 Å². The smallest absolute Gasteiger partial charge is 0.0547 e. The van der Waals surface area contributed by atoms with Gasteiger partial charge >= 0.3 is 0 Å². The molecule has 0 spiro atoms. The van der Waals surface area contributed by atoms with Crippen molar-refractivity contribution in [1.82, 2.24) is 9.88 Å². The predicted molar refractivity (Wildman–Crippen MR) is 72.2 cm³/mol. The molecule has 1 aliphatic heterocycles. The Bertz CT molecular complexity index is 388. The molecule has 18 heavy (non-hydrogen) atoms. The standard InChI is InChI=1S/C14H23N3O/c1-12-4-3-5-13(16-12)8-17(2)10-14(9-15)6-7-18-11-14/h3-5H,6-11,15H2,1-2H3. The SMILES string of the molecule is Cc1cccc(CN(C)CC2(CN)CCOC2)n1. The lowest BCUT2D eigenvalue weighted by Gasteiger charge is -2.30. The van der Waals surface area contributed by atoms with Gasteiger partial charge < -0.3 is 10.5 Å². The van der Waals surface area contributed by atoms with E-state index in [1.165, 1.54) is 0 Å². The van der Waals surface area contributed by atoms with Crippen LogP contribution in [-0.2, 0) is 11.3 Å². The van der Waals surface area contributed by atoms with E-state index in [2.05, 4.69) is 29.1 Å². The van der Waals surface area contributed by atoms with Gasteiger partial charge in [-0.05, 0) is 32.5 Å². The fourth-order valence-electron chi connectivity index (χ4n) is 2.59. The summed E-state index contributed by atoms with van der Waals surface area (Å²) in [4.78, 5) is 6.83. The predicted octanol–water partition coefficient (Wildman–Crippen LogP) is 1.19. The number of nitrogens with two attached hydrogens (primary N) is 1. The van der Waals surface area contributed by atoms with Crippen molar-refractivity contribution >= 4 is 0 Å². The van der Waals surface area contributed by atoms with Crippen molar-refractivity contribution in [3.63, 3.8) is 0 Å². The molecule has 0 aliphatic carbocycles. The number of ether oxygens (including phenoxy) is 1. The van der Waals surface area contributed by atoms with E-state index in [0.29, 0.717) is 6.54 Å². The van der Waals surface area contributed by atoms with Gasteiger partial charge in [0.25, 0.3) is 0 Å². The fourth-order valence-corrected chi connectivity index (χ4v) is 2.59. The molecule has 0 radical (unpaired) electrons. The largest absolute Gasteiger partial charge is 0.381 e. The molecule has 1 atom stereocenters. The zero-order valence-corrected chi connectivity index (χ0v) is 11.4. The summed E-state index contributed by atoms with van der Waals surface area (Å²) >= 11 is 0. The minimum atomic E-state index is 0.137. The molecular weight excluding hydrogens is 226 g/mol. The Hall–Kier alpha value is -0.970. The van der Waals surface area contributed by atoms with Crippen LogP contribution in [0.25, 0.3) is 0 Å². The molecule has 2 rings (SSSR count). The molecule has 0 aromatic carbocycles. The molecule has 2 heterocycles. The molecule has 1 fully saturated rings. The normalized spacial score (nSPS) is 23.8. The Morgan fingerprint density at radius 1 is 1.50 bits per heavy atom. The molecule has 1 aromatic rings. The highest BCUT2D eigenvalue weighted by atomic mass is 16.5. The first-order chi connectivity index (χ1) is 8.63. The minimum absolute atomic E-state index is 0.137. The van der Waals surface area contributed by atoms with Gasteiger partial charge in [0.1, 0.15) is 0 Å². The van der Waals surface area contributed by atoms with Gasteiger partial charge in [-0.3, -0.25) is 9.88 Å². The van der Waals surface area contributed by atoms with Crippen molar-refractivity contribution in [2.45, 2.75) is 19.9 Å². The number of pyridine rings is 1. The van der Waals surface area contributed by atoms with E-state index in [1.54, 1.807) is 0 Å². The van der Waals surface area contributed by atoms with Crippen LogP contribution in [0.3, 0.4) is 0 Å². The van der Waals surface area contributed by atoms with Gasteiger partial charge in [0.15, 0.2) is 0 Å². The summed E-state index contributed by atoms with van der Waals surface area (Å²) in [7, 11) is 2.12. The van der Waals surface area contributed by atoms with Gasteiger partial charge in [0, 0.05) is 37.4 Å². The first kappa shape index (κ1) is 13.5. The third-order valence-corrected chi connectivity index (χ3v) is 3.60. The summed E-state index contributed by atoms with van der Waals surface area (Å²) in [5.74, 6) is 0. The van der Waals surface area contributed by atoms with Crippen molar-refractivity contribution in [3.8, 4) is 0 Å². The minimum Gasteiger partial charge on any atom is -0.381 e. The van der Waals surface area contributed by atoms with E-state index >= 15 is 0 Å². The van der Waals surface area contributed by atoms with Crippen molar-refractivity contribution in [2.24, 2.45) is 11.1 Å². The number of rotatable bonds is 5. The molecule has 4 nitrogen and oxygen atoms in total. The van der Waals surface area contributed by atoms with Crippen LogP contribution in [0.5, 0.6) is 0 Å². The van der Waals surface area contributed by atoms with Crippen molar-refractivity contribution in [2.75, 3.05) is 33.4 Å². The Balaban J connectivity index is 1.93. The number of hydrogen-bond donors (Lipinski definition) is 1. The van der Waals surface area contributed by atoms with Gasteiger partial charge in [-0.15, -0.1) is 0 Å². The molecular formula is C14H23N3O. The second-order valence-electron chi connectivity index (χ2n) is 5.45. The van der Waals surface area contributed by atoms with E-state index in [0.717, 1.165) is 44.1 Å². The lowest BCUT2D eigenvalue weighted by atomic mass is 9.87. The molecule has 0 bridgehead atoms. The van der Waals surface area contributed by atoms with Crippen molar-refractivity contribution in [1.29, 1.82) is 0 Å². The van der Waals surface area contributed by atoms with Gasteiger partial charge in [0.2, 0.25) is 0 Å². The topological polar surface area (TPSA) is 51.4 Å². The highest BCUT2D eigenvalue weighted by Gasteiger charge is 2.34. The van der Waals surface area contributed by atoms with E-state index in [4.69, 9.17) is 10.5 Å². The lowest BCUT2D eigenvalue weighted by Crippen LogP contribution is -2.41. The average molecular weight is 249 g/mol. The third kappa shape index (κ3) is 3.28. The Morgan fingerprint density at radius 2 is 2.33 bits per heavy atom. The summed E-state index contributed by atoms with van der Waals surface area (Å²) < 4.78 is 5.50. The van der Waals surface area contributed by atoms with Crippen molar-refractivity contribution < 1.29 is 4.74 Å². The maximum absolute atomic E-state index is 5.91. The van der Waals surface area contributed by atoms with Gasteiger partial charge in [-0.25, -0.2) is 0 Å². The van der Waals surface area contributed by atoms with E-state index in [-0.39, 0.29) is 5.41 Å². The maximum atomic E-state index is 5.91. The van der Waals surface area contributed by atoms with Crippen LogP contribution in [-0.4, -0.2) is 43.2 Å². The quantitative estimate of drug-likeness (QED) is 0.851. The lowest BCUT2D eigenvalue weighted by molar-refractivity contribution is 0.122. The second kappa shape index (κ2) is 5.78. The van der Waals surface area contributed by atoms with Gasteiger partial charge in [-0.2, -0.15) is 0 Å². The van der Waals surface area contributed by atoms with Gasteiger partial charge in [0.05, 0.1) is 12.3 Å². The van der Waals surface area contributed by atoms with Crippen LogP contribution >= 0.6 is 0 Å². The average Bonchev–Trinajstić information content (AvgIpc) is 2.78. The third-order valence-electron chi connectivity index (χ3n) is 3.60. The van der Waals surface area contributed by atoms with E-state index < -0.39 is 0 Å². The summed E-state index contributed by atoms with van der Waals surface area (Å²) in [6.07, 6.45) is 1.06. The highest BCUT2D eigenvalue weighted by molar-refractivity contribution is 5.09. The fraction of sp³-hybridized carbons (Fsp3) is 0.643. The number of hydrogen-bond acceptors (Lipinski definition) is 4. The molecule has 1 aromatic heterocycles. The summed E-state index contributed by atoms with van der Waals surface area (Å²) in [6, 6.07) is 6.16. The molecule has 1 unspecified atom stereocenters. The molecule has 1 saturated heterocycles. The van der Waals surface area contributed by atoms with Crippen LogP contribution in [0.1, 0.15) is 17.8 Å². The van der Waals surface area contributed by atoms with E-state index in [1.807, 2.05) is 13.0 Å². The van der Waals surface area contributed by atoms with Crippen LogP contribution in [0.2, 0.25) is 0 Å². The second-order valence-corrected chi connectivity index (χ2v) is 5.45. The molecule has 0 saturated carbocycles. The van der Waals surface area contributed by atoms with Crippen molar-refractivity contribution in [3.05, 3.63) is 29.6 Å². The monoisotopic (exact) mass is 249 g/mol. The van der Waals surface area contributed by atoms with Crippen LogP contribution in [0.4, 0.5) is 0 Å². The molecule has 2 N–H and O–H groups in total. The zero-order valence-electron chi connectivity index (χ0n) is 11.4. The molecule has 4 heteroatoms. The maximum Gasteiger partial charge on any atom is 0.0547 e. The highest BCUT2D eigenvalue weighted by Crippen LogP contribution is 2.28. The summed E-state index contributed by atoms with van der Waals surface area (Å²) in [6.45, 7) is 6.18. The molecule has 100 valence electrons. The van der Waals surface area contributed by atoms with Gasteiger partial charge in [-0.1, -0.05) is 6.07 Å². The zero-order chi connectivity index (χ0) is 13.0. The summed E-state index contributed by atoms with van der Waals surface area (Å²) in [5.41, 5.74) is 8.23. The summed E-state index contributed by atoms with van der Waals surface area (Å²) in [5, 5.41) is 0. The Kier molecular flexibility index (Phi) is 4.32. The first-order valence-corrected chi connectivity index (χ1v) is 6.52. The van der Waals surface area contributed by atoms with Crippen LogP contribution < -0.4 is 5.73 Å². The van der Waals surface area contributed by atoms with Crippen LogP contribution in [0, 0.1) is 12.3 Å². The molecule has 1 aliphatic rings. The Morgan fingerprint density at radius 3 is 2.94 bits per heavy atom. The molecule has 0 amide bonds. The number of nitrogens with zero attached hydrogens (tertiary/aromatic N) is 2. The van der Waals surface area contributed by atoms with E-state index in [9.17, 15) is 0 Å². The number of aromatic nitrogens is 1. The first-order valence-electron chi connectivity index (χ1n) is 6.52. The Labute approximate surface area is 109 Å².